The Morgan fingerprint density at radius 3 is 2.40 bits per heavy atom. The van der Waals surface area contributed by atoms with Crippen molar-refractivity contribution in [1.82, 2.24) is 4.90 Å². The molecule has 0 saturated carbocycles. The number of nitrogens with one attached hydrogen (secondary N) is 1. The quantitative estimate of drug-likeness (QED) is 0.861. The Kier molecular flexibility index (Phi) is 5.13. The standard InChI is InChI=1S/C17H21FN2/c1-14(12-19-16-9-4-3-5-10-16)20(2)13-15-8-6-7-11-17(15)18/h3-11,14,19H,12-13H2,1-2H3. The van der Waals surface area contributed by atoms with Crippen LogP contribution in [0.1, 0.15) is 12.5 Å². The highest BCUT2D eigenvalue weighted by Crippen LogP contribution is 2.11. The molecule has 3 heteroatoms. The first-order valence-electron chi connectivity index (χ1n) is 6.89. The average molecular weight is 272 g/mol. The van der Waals surface area contributed by atoms with Gasteiger partial charge in [-0.1, -0.05) is 36.4 Å². The molecule has 20 heavy (non-hydrogen) atoms. The molecule has 2 aromatic rings. The summed E-state index contributed by atoms with van der Waals surface area (Å²) in [6.45, 7) is 3.58. The van der Waals surface area contributed by atoms with Crippen molar-refractivity contribution in [2.45, 2.75) is 19.5 Å². The van der Waals surface area contributed by atoms with Crippen molar-refractivity contribution in [2.75, 3.05) is 18.9 Å². The summed E-state index contributed by atoms with van der Waals surface area (Å²) in [5.74, 6) is -0.137. The predicted octanol–water partition coefficient (Wildman–Crippen LogP) is 3.76. The van der Waals surface area contributed by atoms with Gasteiger partial charge in [0.2, 0.25) is 0 Å². The van der Waals surface area contributed by atoms with E-state index in [2.05, 4.69) is 17.1 Å². The highest BCUT2D eigenvalue weighted by molar-refractivity contribution is 5.42. The molecule has 0 aromatic heterocycles. The minimum absolute atomic E-state index is 0.137. The smallest absolute Gasteiger partial charge is 0.127 e. The molecule has 2 rings (SSSR count). The van der Waals surface area contributed by atoms with Crippen LogP contribution in [0.2, 0.25) is 0 Å². The highest BCUT2D eigenvalue weighted by Gasteiger charge is 2.11. The maximum absolute atomic E-state index is 13.6. The van der Waals surface area contributed by atoms with Gasteiger partial charge in [0.15, 0.2) is 0 Å². The molecule has 1 atom stereocenters. The van der Waals surface area contributed by atoms with Gasteiger partial charge in [-0.15, -0.1) is 0 Å². The molecule has 0 amide bonds. The van der Waals surface area contributed by atoms with Crippen LogP contribution < -0.4 is 5.32 Å². The van der Waals surface area contributed by atoms with E-state index in [1.165, 1.54) is 6.07 Å². The molecular weight excluding hydrogens is 251 g/mol. The zero-order chi connectivity index (χ0) is 14.4. The summed E-state index contributed by atoms with van der Waals surface area (Å²) in [6, 6.07) is 17.4. The molecule has 0 aliphatic rings. The van der Waals surface area contributed by atoms with E-state index in [0.29, 0.717) is 12.6 Å². The van der Waals surface area contributed by atoms with E-state index in [9.17, 15) is 4.39 Å². The molecule has 0 spiro atoms. The van der Waals surface area contributed by atoms with Crippen LogP contribution in [-0.4, -0.2) is 24.5 Å². The fourth-order valence-electron chi connectivity index (χ4n) is 2.03. The fourth-order valence-corrected chi connectivity index (χ4v) is 2.03. The van der Waals surface area contributed by atoms with E-state index in [-0.39, 0.29) is 5.82 Å². The molecule has 2 nitrogen and oxygen atoms in total. The van der Waals surface area contributed by atoms with Crippen LogP contribution in [0.3, 0.4) is 0 Å². The lowest BCUT2D eigenvalue weighted by atomic mass is 10.2. The van der Waals surface area contributed by atoms with Gasteiger partial charge in [-0.05, 0) is 32.2 Å². The number of nitrogens with zero attached hydrogens (tertiary/aromatic N) is 1. The summed E-state index contributed by atoms with van der Waals surface area (Å²) >= 11 is 0. The molecule has 0 aliphatic heterocycles. The van der Waals surface area contributed by atoms with Crippen LogP contribution >= 0.6 is 0 Å². The van der Waals surface area contributed by atoms with Gasteiger partial charge in [0.05, 0.1) is 0 Å². The normalized spacial score (nSPS) is 12.4. The SMILES string of the molecule is CC(CNc1ccccc1)N(C)Cc1ccccc1F. The lowest BCUT2D eigenvalue weighted by Gasteiger charge is -2.25. The summed E-state index contributed by atoms with van der Waals surface area (Å²) in [5.41, 5.74) is 1.85. The molecule has 1 N–H and O–H groups in total. The molecule has 0 radical (unpaired) electrons. The maximum Gasteiger partial charge on any atom is 0.127 e. The van der Waals surface area contributed by atoms with E-state index in [0.717, 1.165) is 17.8 Å². The Bertz CT molecular complexity index is 528. The number of hydrogen-bond acceptors (Lipinski definition) is 2. The Labute approximate surface area is 120 Å². The van der Waals surface area contributed by atoms with Gasteiger partial charge in [-0.3, -0.25) is 4.90 Å². The molecule has 2 aromatic carbocycles. The molecule has 106 valence electrons. The van der Waals surface area contributed by atoms with Crippen LogP contribution in [0.15, 0.2) is 54.6 Å². The Morgan fingerprint density at radius 1 is 1.05 bits per heavy atom. The number of anilines is 1. The summed E-state index contributed by atoms with van der Waals surface area (Å²) in [4.78, 5) is 2.15. The van der Waals surface area contributed by atoms with Crippen LogP contribution in [0.25, 0.3) is 0 Å². The first kappa shape index (κ1) is 14.5. The van der Waals surface area contributed by atoms with E-state index in [1.54, 1.807) is 6.07 Å². The van der Waals surface area contributed by atoms with Crippen molar-refractivity contribution in [3.05, 3.63) is 66.0 Å². The summed E-state index contributed by atoms with van der Waals surface area (Å²) in [5, 5.41) is 3.39. The predicted molar refractivity (Wildman–Crippen MR) is 82.3 cm³/mol. The van der Waals surface area contributed by atoms with Crippen molar-refractivity contribution < 1.29 is 4.39 Å². The third-order valence-electron chi connectivity index (χ3n) is 3.51. The molecule has 0 heterocycles. The molecule has 0 fully saturated rings. The highest BCUT2D eigenvalue weighted by atomic mass is 19.1. The van der Waals surface area contributed by atoms with Gasteiger partial charge in [0.1, 0.15) is 5.82 Å². The van der Waals surface area contributed by atoms with E-state index in [4.69, 9.17) is 0 Å². The third kappa shape index (κ3) is 4.07. The summed E-state index contributed by atoms with van der Waals surface area (Å²) in [7, 11) is 2.02. The van der Waals surface area contributed by atoms with Gasteiger partial charge in [-0.25, -0.2) is 4.39 Å². The zero-order valence-corrected chi connectivity index (χ0v) is 12.0. The number of hydrogen-bond donors (Lipinski definition) is 1. The van der Waals surface area contributed by atoms with Crippen LogP contribution in [0.4, 0.5) is 10.1 Å². The van der Waals surface area contributed by atoms with Gasteiger partial charge in [-0.2, -0.15) is 0 Å². The second kappa shape index (κ2) is 7.06. The Balaban J connectivity index is 1.86. The van der Waals surface area contributed by atoms with Gasteiger partial charge in [0, 0.05) is 30.4 Å². The van der Waals surface area contributed by atoms with Gasteiger partial charge in [0.25, 0.3) is 0 Å². The van der Waals surface area contributed by atoms with Gasteiger partial charge >= 0.3 is 0 Å². The first-order chi connectivity index (χ1) is 9.66. The van der Waals surface area contributed by atoms with Crippen LogP contribution in [-0.2, 0) is 6.54 Å². The van der Waals surface area contributed by atoms with Crippen molar-refractivity contribution in [3.63, 3.8) is 0 Å². The van der Waals surface area contributed by atoms with Crippen molar-refractivity contribution in [3.8, 4) is 0 Å². The van der Waals surface area contributed by atoms with Crippen molar-refractivity contribution >= 4 is 5.69 Å². The molecule has 0 bridgehead atoms. The lowest BCUT2D eigenvalue weighted by molar-refractivity contribution is 0.255. The van der Waals surface area contributed by atoms with E-state index >= 15 is 0 Å². The molecular formula is C17H21FN2. The third-order valence-corrected chi connectivity index (χ3v) is 3.51. The fraction of sp³-hybridized carbons (Fsp3) is 0.294. The average Bonchev–Trinajstić information content (AvgIpc) is 2.48. The van der Waals surface area contributed by atoms with Crippen LogP contribution in [0.5, 0.6) is 0 Å². The number of para-hydroxylation sites is 1. The number of halogens is 1. The largest absolute Gasteiger partial charge is 0.383 e. The minimum Gasteiger partial charge on any atom is -0.383 e. The summed E-state index contributed by atoms with van der Waals surface area (Å²) < 4.78 is 13.6. The monoisotopic (exact) mass is 272 g/mol. The van der Waals surface area contributed by atoms with Gasteiger partial charge < -0.3 is 5.32 Å². The molecule has 0 aliphatic carbocycles. The van der Waals surface area contributed by atoms with Crippen LogP contribution in [0, 0.1) is 5.82 Å². The minimum atomic E-state index is -0.137. The van der Waals surface area contributed by atoms with E-state index < -0.39 is 0 Å². The zero-order valence-electron chi connectivity index (χ0n) is 12.0. The molecule has 1 unspecified atom stereocenters. The Hall–Kier alpha value is -1.87. The number of benzene rings is 2. The lowest BCUT2D eigenvalue weighted by Crippen LogP contribution is -2.34. The summed E-state index contributed by atoms with van der Waals surface area (Å²) in [6.07, 6.45) is 0. The van der Waals surface area contributed by atoms with E-state index in [1.807, 2.05) is 49.5 Å². The van der Waals surface area contributed by atoms with Crippen molar-refractivity contribution in [2.24, 2.45) is 0 Å². The second-order valence-electron chi connectivity index (χ2n) is 5.10. The van der Waals surface area contributed by atoms with Crippen molar-refractivity contribution in [1.29, 1.82) is 0 Å². The first-order valence-corrected chi connectivity index (χ1v) is 6.89. The number of rotatable bonds is 6. The second-order valence-corrected chi connectivity index (χ2v) is 5.10. The molecule has 0 saturated heterocycles. The maximum atomic E-state index is 13.6. The number of likely N-dealkylation sites (N-methyl/N-ethyl adjacent to an activating group) is 1. The Morgan fingerprint density at radius 2 is 1.70 bits per heavy atom. The topological polar surface area (TPSA) is 15.3 Å².